The molecule has 0 unspecified atom stereocenters. The normalized spacial score (nSPS) is 16.4. The Morgan fingerprint density at radius 3 is 2.95 bits per heavy atom. The molecule has 0 radical (unpaired) electrons. The first-order valence-corrected chi connectivity index (χ1v) is 7.64. The van der Waals surface area contributed by atoms with Crippen molar-refractivity contribution < 1.29 is 4.79 Å². The van der Waals surface area contributed by atoms with E-state index in [0.717, 1.165) is 12.8 Å². The summed E-state index contributed by atoms with van der Waals surface area (Å²) in [7, 11) is 0. The molecular formula is C19H18N2O. The molecule has 2 aromatic rings. The van der Waals surface area contributed by atoms with Crippen LogP contribution in [-0.2, 0) is 6.42 Å². The van der Waals surface area contributed by atoms with E-state index in [4.69, 9.17) is 5.26 Å². The summed E-state index contributed by atoms with van der Waals surface area (Å²) < 4.78 is 0. The third-order valence-corrected chi connectivity index (χ3v) is 4.26. The molecule has 0 bridgehead atoms. The van der Waals surface area contributed by atoms with Crippen molar-refractivity contribution in [2.24, 2.45) is 0 Å². The Labute approximate surface area is 130 Å². The zero-order valence-corrected chi connectivity index (χ0v) is 12.4. The summed E-state index contributed by atoms with van der Waals surface area (Å²) in [6.45, 7) is 0.645. The van der Waals surface area contributed by atoms with E-state index in [1.165, 1.54) is 17.5 Å². The van der Waals surface area contributed by atoms with Crippen LogP contribution >= 0.6 is 0 Å². The predicted molar refractivity (Wildman–Crippen MR) is 85.6 cm³/mol. The van der Waals surface area contributed by atoms with Crippen LogP contribution in [0, 0.1) is 11.3 Å². The molecule has 3 rings (SSSR count). The lowest BCUT2D eigenvalue weighted by atomic mass is 9.83. The van der Waals surface area contributed by atoms with E-state index in [2.05, 4.69) is 35.7 Å². The first-order valence-electron chi connectivity index (χ1n) is 7.64. The third-order valence-electron chi connectivity index (χ3n) is 4.26. The standard InChI is InChI=1S/C19H18N2O/c20-12-14-5-3-8-16(11-14)19(22)21-13-17-9-4-7-15-6-1-2-10-18(15)17/h1-3,5-6,8,10-11,17H,4,7,9,13H2,(H,21,22)/t17-/m0/s1. The molecule has 0 saturated heterocycles. The van der Waals surface area contributed by atoms with E-state index in [1.54, 1.807) is 24.3 Å². The molecule has 2 aromatic carbocycles. The Balaban J connectivity index is 1.68. The van der Waals surface area contributed by atoms with Crippen molar-refractivity contribution in [3.05, 3.63) is 70.8 Å². The zero-order chi connectivity index (χ0) is 15.4. The zero-order valence-electron chi connectivity index (χ0n) is 12.4. The van der Waals surface area contributed by atoms with E-state index in [9.17, 15) is 4.79 Å². The van der Waals surface area contributed by atoms with Gasteiger partial charge in [-0.2, -0.15) is 5.26 Å². The van der Waals surface area contributed by atoms with Gasteiger partial charge in [-0.25, -0.2) is 0 Å². The Morgan fingerprint density at radius 2 is 2.09 bits per heavy atom. The highest BCUT2D eigenvalue weighted by Gasteiger charge is 2.20. The van der Waals surface area contributed by atoms with Crippen LogP contribution < -0.4 is 5.32 Å². The number of fused-ring (bicyclic) bond motifs is 1. The van der Waals surface area contributed by atoms with Gasteiger partial charge in [-0.15, -0.1) is 0 Å². The SMILES string of the molecule is N#Cc1cccc(C(=O)NC[C@@H]2CCCc3ccccc32)c1. The average Bonchev–Trinajstić information content (AvgIpc) is 2.59. The summed E-state index contributed by atoms with van der Waals surface area (Å²) in [6.07, 6.45) is 3.40. The average molecular weight is 290 g/mol. The minimum Gasteiger partial charge on any atom is -0.351 e. The van der Waals surface area contributed by atoms with E-state index < -0.39 is 0 Å². The molecule has 1 atom stereocenters. The number of aryl methyl sites for hydroxylation is 1. The second-order valence-corrected chi connectivity index (χ2v) is 5.69. The number of rotatable bonds is 3. The lowest BCUT2D eigenvalue weighted by Gasteiger charge is -2.25. The van der Waals surface area contributed by atoms with Crippen molar-refractivity contribution in [3.63, 3.8) is 0 Å². The number of hydrogen-bond acceptors (Lipinski definition) is 2. The van der Waals surface area contributed by atoms with Crippen molar-refractivity contribution in [2.75, 3.05) is 6.54 Å². The maximum Gasteiger partial charge on any atom is 0.251 e. The first-order chi connectivity index (χ1) is 10.8. The predicted octanol–water partition coefficient (Wildman–Crippen LogP) is 3.41. The van der Waals surface area contributed by atoms with Crippen LogP contribution in [0.25, 0.3) is 0 Å². The lowest BCUT2D eigenvalue weighted by molar-refractivity contribution is 0.0950. The highest BCUT2D eigenvalue weighted by molar-refractivity contribution is 5.94. The van der Waals surface area contributed by atoms with E-state index in [1.807, 2.05) is 0 Å². The number of benzene rings is 2. The minimum absolute atomic E-state index is 0.111. The molecule has 110 valence electrons. The lowest BCUT2D eigenvalue weighted by Crippen LogP contribution is -2.30. The number of nitriles is 1. The Kier molecular flexibility index (Phi) is 4.20. The number of nitrogens with one attached hydrogen (secondary N) is 1. The third kappa shape index (κ3) is 3.01. The van der Waals surface area contributed by atoms with E-state index >= 15 is 0 Å². The van der Waals surface area contributed by atoms with Gasteiger partial charge in [0.2, 0.25) is 0 Å². The number of carbonyl (C=O) groups is 1. The van der Waals surface area contributed by atoms with Crippen molar-refractivity contribution >= 4 is 5.91 Å². The second-order valence-electron chi connectivity index (χ2n) is 5.69. The number of hydrogen-bond donors (Lipinski definition) is 1. The topological polar surface area (TPSA) is 52.9 Å². The molecule has 3 heteroatoms. The molecule has 1 amide bonds. The van der Waals surface area contributed by atoms with Gasteiger partial charge >= 0.3 is 0 Å². The van der Waals surface area contributed by atoms with Crippen LogP contribution in [0.5, 0.6) is 0 Å². The molecule has 0 saturated carbocycles. The Morgan fingerprint density at radius 1 is 1.23 bits per heavy atom. The quantitative estimate of drug-likeness (QED) is 0.941. The summed E-state index contributed by atoms with van der Waals surface area (Å²) in [5.74, 6) is 0.271. The molecule has 1 aliphatic rings. The van der Waals surface area contributed by atoms with Gasteiger partial charge in [0.25, 0.3) is 5.91 Å². The van der Waals surface area contributed by atoms with Crippen LogP contribution in [0.3, 0.4) is 0 Å². The maximum absolute atomic E-state index is 12.2. The summed E-state index contributed by atoms with van der Waals surface area (Å²) in [5, 5.41) is 11.9. The summed E-state index contributed by atoms with van der Waals surface area (Å²) in [5.41, 5.74) is 3.82. The molecule has 0 fully saturated rings. The minimum atomic E-state index is -0.111. The molecule has 0 aromatic heterocycles. The van der Waals surface area contributed by atoms with Crippen LogP contribution in [0.15, 0.2) is 48.5 Å². The first kappa shape index (κ1) is 14.3. The highest BCUT2D eigenvalue weighted by Crippen LogP contribution is 2.30. The van der Waals surface area contributed by atoms with Gasteiger partial charge in [-0.05, 0) is 48.6 Å². The van der Waals surface area contributed by atoms with Crippen LogP contribution in [0.2, 0.25) is 0 Å². The molecule has 0 heterocycles. The van der Waals surface area contributed by atoms with Crippen LogP contribution in [0.4, 0.5) is 0 Å². The van der Waals surface area contributed by atoms with Crippen molar-refractivity contribution in [3.8, 4) is 6.07 Å². The van der Waals surface area contributed by atoms with Gasteiger partial charge in [-0.3, -0.25) is 4.79 Å². The fourth-order valence-electron chi connectivity index (χ4n) is 3.11. The molecule has 0 aliphatic heterocycles. The number of amides is 1. The van der Waals surface area contributed by atoms with Crippen molar-refractivity contribution in [1.29, 1.82) is 5.26 Å². The second kappa shape index (κ2) is 6.44. The Bertz CT molecular complexity index is 730. The number of nitrogens with zero attached hydrogens (tertiary/aromatic N) is 1. The van der Waals surface area contributed by atoms with Gasteiger partial charge in [0.1, 0.15) is 0 Å². The molecule has 22 heavy (non-hydrogen) atoms. The van der Waals surface area contributed by atoms with E-state index in [-0.39, 0.29) is 5.91 Å². The molecular weight excluding hydrogens is 272 g/mol. The summed E-state index contributed by atoms with van der Waals surface area (Å²) in [4.78, 5) is 12.2. The largest absolute Gasteiger partial charge is 0.351 e. The Hall–Kier alpha value is -2.60. The highest BCUT2D eigenvalue weighted by atomic mass is 16.1. The smallest absolute Gasteiger partial charge is 0.251 e. The van der Waals surface area contributed by atoms with Crippen molar-refractivity contribution in [2.45, 2.75) is 25.2 Å². The maximum atomic E-state index is 12.2. The summed E-state index contributed by atoms with van der Waals surface area (Å²) >= 11 is 0. The van der Waals surface area contributed by atoms with E-state index in [0.29, 0.717) is 23.6 Å². The summed E-state index contributed by atoms with van der Waals surface area (Å²) in [6, 6.07) is 17.4. The van der Waals surface area contributed by atoms with Crippen LogP contribution in [-0.4, -0.2) is 12.5 Å². The van der Waals surface area contributed by atoms with Gasteiger partial charge in [0.15, 0.2) is 0 Å². The fraction of sp³-hybridized carbons (Fsp3) is 0.263. The monoisotopic (exact) mass is 290 g/mol. The molecule has 3 nitrogen and oxygen atoms in total. The molecule has 1 aliphatic carbocycles. The molecule has 0 spiro atoms. The van der Waals surface area contributed by atoms with Gasteiger partial charge in [0.05, 0.1) is 11.6 Å². The van der Waals surface area contributed by atoms with Crippen molar-refractivity contribution in [1.82, 2.24) is 5.32 Å². The van der Waals surface area contributed by atoms with Crippen LogP contribution in [0.1, 0.15) is 45.8 Å². The van der Waals surface area contributed by atoms with Gasteiger partial charge in [-0.1, -0.05) is 30.3 Å². The molecule has 1 N–H and O–H groups in total. The fourth-order valence-corrected chi connectivity index (χ4v) is 3.11. The number of carbonyl (C=O) groups excluding carboxylic acids is 1. The van der Waals surface area contributed by atoms with Gasteiger partial charge in [0, 0.05) is 18.0 Å². The van der Waals surface area contributed by atoms with Gasteiger partial charge < -0.3 is 5.32 Å².